The van der Waals surface area contributed by atoms with Crippen molar-refractivity contribution in [2.75, 3.05) is 18.9 Å². The summed E-state index contributed by atoms with van der Waals surface area (Å²) in [7, 11) is 0. The van der Waals surface area contributed by atoms with Gasteiger partial charge in [-0.1, -0.05) is 0 Å². The van der Waals surface area contributed by atoms with Gasteiger partial charge in [0.25, 0.3) is 0 Å². The molecule has 0 saturated carbocycles. The van der Waals surface area contributed by atoms with Gasteiger partial charge in [-0.15, -0.1) is 0 Å². The van der Waals surface area contributed by atoms with E-state index in [0.29, 0.717) is 24.7 Å². The molecule has 4 heteroatoms. The van der Waals surface area contributed by atoms with E-state index in [2.05, 4.69) is 0 Å². The Balaban J connectivity index is 2.07. The van der Waals surface area contributed by atoms with Crippen LogP contribution in [-0.2, 0) is 4.74 Å². The first-order chi connectivity index (χ1) is 6.74. The fourth-order valence-electron chi connectivity index (χ4n) is 1.45. The number of anilines is 1. The maximum atomic E-state index is 12.9. The minimum Gasteiger partial charge on any atom is -0.488 e. The van der Waals surface area contributed by atoms with Crippen LogP contribution in [0.5, 0.6) is 5.75 Å². The van der Waals surface area contributed by atoms with Crippen LogP contribution in [0.1, 0.15) is 6.42 Å². The number of halogens is 1. The van der Waals surface area contributed by atoms with Crippen LogP contribution >= 0.6 is 0 Å². The minimum atomic E-state index is -0.376. The molecule has 2 rings (SSSR count). The Hall–Kier alpha value is -1.29. The van der Waals surface area contributed by atoms with E-state index in [1.165, 1.54) is 12.1 Å². The van der Waals surface area contributed by atoms with Gasteiger partial charge in [-0.05, 0) is 6.07 Å². The van der Waals surface area contributed by atoms with Gasteiger partial charge < -0.3 is 15.2 Å². The van der Waals surface area contributed by atoms with Crippen LogP contribution in [0, 0.1) is 5.82 Å². The summed E-state index contributed by atoms with van der Waals surface area (Å²) in [6.45, 7) is 1.27. The summed E-state index contributed by atoms with van der Waals surface area (Å²) in [5, 5.41) is 0. The lowest BCUT2D eigenvalue weighted by molar-refractivity contribution is 0.141. The molecule has 1 unspecified atom stereocenters. The normalized spacial score (nSPS) is 21.1. The molecule has 0 amide bonds. The number of hydrogen-bond donors (Lipinski definition) is 1. The highest BCUT2D eigenvalue weighted by atomic mass is 19.1. The van der Waals surface area contributed by atoms with Crippen molar-refractivity contribution in [3.8, 4) is 5.75 Å². The van der Waals surface area contributed by atoms with Crippen molar-refractivity contribution in [1.82, 2.24) is 0 Å². The van der Waals surface area contributed by atoms with Crippen molar-refractivity contribution in [2.24, 2.45) is 0 Å². The Morgan fingerprint density at radius 1 is 1.43 bits per heavy atom. The monoisotopic (exact) mass is 197 g/mol. The number of nitrogens with two attached hydrogens (primary N) is 1. The van der Waals surface area contributed by atoms with Gasteiger partial charge in [0.1, 0.15) is 17.7 Å². The SMILES string of the molecule is Nc1cc(F)cc(OC2CCOC2)c1. The van der Waals surface area contributed by atoms with E-state index in [1.54, 1.807) is 6.07 Å². The van der Waals surface area contributed by atoms with Crippen LogP contribution in [0.15, 0.2) is 18.2 Å². The van der Waals surface area contributed by atoms with E-state index in [4.69, 9.17) is 15.2 Å². The third kappa shape index (κ3) is 2.14. The van der Waals surface area contributed by atoms with E-state index in [9.17, 15) is 4.39 Å². The standard InChI is InChI=1S/C10H12FNO2/c11-7-3-8(12)5-10(4-7)14-9-1-2-13-6-9/h3-5,9H,1-2,6,12H2. The number of ether oxygens (including phenoxy) is 2. The Morgan fingerprint density at radius 3 is 2.93 bits per heavy atom. The topological polar surface area (TPSA) is 44.5 Å². The molecular formula is C10H12FNO2. The van der Waals surface area contributed by atoms with Crippen molar-refractivity contribution in [1.29, 1.82) is 0 Å². The van der Waals surface area contributed by atoms with Gasteiger partial charge in [-0.2, -0.15) is 0 Å². The first-order valence-electron chi connectivity index (χ1n) is 4.54. The van der Waals surface area contributed by atoms with Gasteiger partial charge in [-0.25, -0.2) is 4.39 Å². The quantitative estimate of drug-likeness (QED) is 0.732. The zero-order chi connectivity index (χ0) is 9.97. The second-order valence-corrected chi connectivity index (χ2v) is 3.32. The van der Waals surface area contributed by atoms with Gasteiger partial charge in [0.15, 0.2) is 0 Å². The van der Waals surface area contributed by atoms with Crippen LogP contribution in [-0.4, -0.2) is 19.3 Å². The van der Waals surface area contributed by atoms with Crippen molar-refractivity contribution in [2.45, 2.75) is 12.5 Å². The lowest BCUT2D eigenvalue weighted by atomic mass is 10.3. The second-order valence-electron chi connectivity index (χ2n) is 3.32. The molecule has 1 aromatic carbocycles. The second kappa shape index (κ2) is 3.84. The maximum absolute atomic E-state index is 12.9. The molecule has 1 atom stereocenters. The van der Waals surface area contributed by atoms with Crippen molar-refractivity contribution in [3.63, 3.8) is 0 Å². The predicted molar refractivity (Wildman–Crippen MR) is 50.7 cm³/mol. The lowest BCUT2D eigenvalue weighted by Crippen LogP contribution is -2.15. The Morgan fingerprint density at radius 2 is 2.29 bits per heavy atom. The number of rotatable bonds is 2. The Bertz CT molecular complexity index is 304. The van der Waals surface area contributed by atoms with Gasteiger partial charge >= 0.3 is 0 Å². The average molecular weight is 197 g/mol. The predicted octanol–water partition coefficient (Wildman–Crippen LogP) is 1.58. The summed E-state index contributed by atoms with van der Waals surface area (Å²) >= 11 is 0. The fraction of sp³-hybridized carbons (Fsp3) is 0.400. The van der Waals surface area contributed by atoms with E-state index < -0.39 is 0 Å². The molecule has 1 heterocycles. The van der Waals surface area contributed by atoms with E-state index in [0.717, 1.165) is 6.42 Å². The van der Waals surface area contributed by atoms with Crippen molar-refractivity contribution in [3.05, 3.63) is 24.0 Å². The molecule has 0 aliphatic carbocycles. The molecule has 0 bridgehead atoms. The van der Waals surface area contributed by atoms with Gasteiger partial charge in [0.05, 0.1) is 13.2 Å². The van der Waals surface area contributed by atoms with Gasteiger partial charge in [-0.3, -0.25) is 0 Å². The summed E-state index contributed by atoms with van der Waals surface area (Å²) in [6, 6.07) is 4.20. The molecule has 0 aromatic heterocycles. The molecule has 76 valence electrons. The number of benzene rings is 1. The molecule has 1 aliphatic heterocycles. The Labute approximate surface area is 81.6 Å². The molecule has 1 aliphatic rings. The highest BCUT2D eigenvalue weighted by Crippen LogP contribution is 2.21. The van der Waals surface area contributed by atoms with Crippen LogP contribution in [0.25, 0.3) is 0 Å². The summed E-state index contributed by atoms with van der Waals surface area (Å²) in [5.41, 5.74) is 5.86. The molecular weight excluding hydrogens is 185 g/mol. The third-order valence-corrected chi connectivity index (χ3v) is 2.08. The zero-order valence-corrected chi connectivity index (χ0v) is 7.70. The van der Waals surface area contributed by atoms with Crippen LogP contribution in [0.2, 0.25) is 0 Å². The van der Waals surface area contributed by atoms with Gasteiger partial charge in [0, 0.05) is 24.2 Å². The fourth-order valence-corrected chi connectivity index (χ4v) is 1.45. The summed E-state index contributed by atoms with van der Waals surface area (Å²) in [5.74, 6) is 0.0944. The van der Waals surface area contributed by atoms with Crippen LogP contribution < -0.4 is 10.5 Å². The summed E-state index contributed by atoms with van der Waals surface area (Å²) < 4.78 is 23.5. The lowest BCUT2D eigenvalue weighted by Gasteiger charge is -2.11. The summed E-state index contributed by atoms with van der Waals surface area (Å²) in [4.78, 5) is 0. The Kier molecular flexibility index (Phi) is 2.54. The van der Waals surface area contributed by atoms with Crippen molar-refractivity contribution >= 4 is 5.69 Å². The van der Waals surface area contributed by atoms with Crippen molar-refractivity contribution < 1.29 is 13.9 Å². The first-order valence-corrected chi connectivity index (χ1v) is 4.54. The molecule has 1 fully saturated rings. The highest BCUT2D eigenvalue weighted by Gasteiger charge is 2.17. The number of hydrogen-bond acceptors (Lipinski definition) is 3. The summed E-state index contributed by atoms with van der Waals surface area (Å²) in [6.07, 6.45) is 0.868. The van der Waals surface area contributed by atoms with E-state index >= 15 is 0 Å². The largest absolute Gasteiger partial charge is 0.488 e. The molecule has 0 radical (unpaired) electrons. The highest BCUT2D eigenvalue weighted by molar-refractivity contribution is 5.44. The van der Waals surface area contributed by atoms with Gasteiger partial charge in [0.2, 0.25) is 0 Å². The zero-order valence-electron chi connectivity index (χ0n) is 7.70. The van der Waals surface area contributed by atoms with E-state index in [1.807, 2.05) is 0 Å². The van der Waals surface area contributed by atoms with Crippen LogP contribution in [0.4, 0.5) is 10.1 Å². The molecule has 1 saturated heterocycles. The number of nitrogen functional groups attached to an aromatic ring is 1. The average Bonchev–Trinajstić information content (AvgIpc) is 2.54. The minimum absolute atomic E-state index is 0.0243. The molecule has 2 N–H and O–H groups in total. The molecule has 0 spiro atoms. The van der Waals surface area contributed by atoms with E-state index in [-0.39, 0.29) is 11.9 Å². The first kappa shape index (κ1) is 9.27. The smallest absolute Gasteiger partial charge is 0.128 e. The maximum Gasteiger partial charge on any atom is 0.128 e. The molecule has 14 heavy (non-hydrogen) atoms. The molecule has 1 aromatic rings. The molecule has 3 nitrogen and oxygen atoms in total. The van der Waals surface area contributed by atoms with Crippen LogP contribution in [0.3, 0.4) is 0 Å². The third-order valence-electron chi connectivity index (χ3n) is 2.08.